The number of carbonyl (C=O) groups excluding carboxylic acids is 3. The third-order valence-corrected chi connectivity index (χ3v) is 6.12. The highest BCUT2D eigenvalue weighted by molar-refractivity contribution is 5.92. The van der Waals surface area contributed by atoms with Crippen LogP contribution in [0.5, 0.6) is 11.5 Å². The molecule has 2 atom stereocenters. The molecule has 0 radical (unpaired) electrons. The van der Waals surface area contributed by atoms with Gasteiger partial charge in [-0.25, -0.2) is 4.79 Å². The lowest BCUT2D eigenvalue weighted by molar-refractivity contribution is -0.164. The van der Waals surface area contributed by atoms with Crippen LogP contribution in [0.25, 0.3) is 0 Å². The summed E-state index contributed by atoms with van der Waals surface area (Å²) in [6.07, 6.45) is -0.102. The summed E-state index contributed by atoms with van der Waals surface area (Å²) in [4.78, 5) is 41.9. The summed E-state index contributed by atoms with van der Waals surface area (Å²) in [6, 6.07) is 3.67. The number of nitrogens with zero attached hydrogens (tertiary/aromatic N) is 2. The first-order chi connectivity index (χ1) is 14.8. The van der Waals surface area contributed by atoms with E-state index in [0.29, 0.717) is 24.6 Å². The standard InChI is InChI=1S/C22H30N2O7/c1-6-31-20(26)8-7-19(25)24-11-16-15(9-14(28-3)10-18(16)29-4)17-12-23(2)13-22(17,24)21(27)30-5/h9-10,17H,6-8,11-13H2,1-5H3/t17-,22-/m0/s1. The number of fused-ring (bicyclic) bond motifs is 3. The number of benzene rings is 1. The Balaban J connectivity index is 2.09. The third-order valence-electron chi connectivity index (χ3n) is 6.12. The molecule has 2 aliphatic rings. The maximum atomic E-state index is 13.3. The molecule has 9 nitrogen and oxygen atoms in total. The zero-order valence-corrected chi connectivity index (χ0v) is 18.7. The predicted molar refractivity (Wildman–Crippen MR) is 111 cm³/mol. The average Bonchev–Trinajstić information content (AvgIpc) is 3.13. The molecule has 31 heavy (non-hydrogen) atoms. The van der Waals surface area contributed by atoms with Gasteiger partial charge in [-0.15, -0.1) is 0 Å². The minimum absolute atomic E-state index is 0.0481. The number of esters is 2. The number of hydrogen-bond donors (Lipinski definition) is 0. The Morgan fingerprint density at radius 1 is 1.13 bits per heavy atom. The topological polar surface area (TPSA) is 94.6 Å². The Morgan fingerprint density at radius 3 is 2.48 bits per heavy atom. The molecule has 9 heteroatoms. The molecule has 2 heterocycles. The van der Waals surface area contributed by atoms with E-state index in [-0.39, 0.29) is 37.8 Å². The molecule has 0 aliphatic carbocycles. The van der Waals surface area contributed by atoms with Gasteiger partial charge in [-0.2, -0.15) is 0 Å². The van der Waals surface area contributed by atoms with Crippen molar-refractivity contribution < 1.29 is 33.3 Å². The normalized spacial score (nSPS) is 22.4. The second kappa shape index (κ2) is 9.13. The van der Waals surface area contributed by atoms with E-state index in [1.54, 1.807) is 32.1 Å². The van der Waals surface area contributed by atoms with Gasteiger partial charge >= 0.3 is 11.9 Å². The van der Waals surface area contributed by atoms with Gasteiger partial charge in [0, 0.05) is 37.1 Å². The van der Waals surface area contributed by atoms with E-state index in [1.165, 1.54) is 7.11 Å². The molecule has 0 bridgehead atoms. The number of likely N-dealkylation sites (N-methyl/N-ethyl adjacent to an activating group) is 1. The molecule has 3 rings (SSSR count). The van der Waals surface area contributed by atoms with Crippen LogP contribution in [-0.2, 0) is 30.4 Å². The molecular weight excluding hydrogens is 404 g/mol. The predicted octanol–water partition coefficient (Wildman–Crippen LogP) is 1.33. The fourth-order valence-electron chi connectivity index (χ4n) is 4.78. The molecule has 2 aliphatic heterocycles. The first-order valence-corrected chi connectivity index (χ1v) is 10.3. The van der Waals surface area contributed by atoms with Gasteiger partial charge in [0.05, 0.1) is 40.9 Å². The van der Waals surface area contributed by atoms with E-state index in [4.69, 9.17) is 18.9 Å². The molecule has 1 saturated heterocycles. The van der Waals surface area contributed by atoms with Crippen LogP contribution in [0.15, 0.2) is 12.1 Å². The first kappa shape index (κ1) is 22.9. The van der Waals surface area contributed by atoms with Gasteiger partial charge in [-0.05, 0) is 25.6 Å². The summed E-state index contributed by atoms with van der Waals surface area (Å²) >= 11 is 0. The second-order valence-corrected chi connectivity index (χ2v) is 7.85. The molecule has 1 aromatic carbocycles. The van der Waals surface area contributed by atoms with Gasteiger partial charge < -0.3 is 28.7 Å². The van der Waals surface area contributed by atoms with Crippen molar-refractivity contribution in [3.05, 3.63) is 23.3 Å². The molecule has 0 aromatic heterocycles. The molecule has 0 N–H and O–H groups in total. The van der Waals surface area contributed by atoms with E-state index >= 15 is 0 Å². The van der Waals surface area contributed by atoms with Crippen LogP contribution >= 0.6 is 0 Å². The van der Waals surface area contributed by atoms with Gasteiger partial charge in [-0.1, -0.05) is 0 Å². The lowest BCUT2D eigenvalue weighted by atomic mass is 9.74. The van der Waals surface area contributed by atoms with Crippen LogP contribution in [0.4, 0.5) is 0 Å². The zero-order valence-electron chi connectivity index (χ0n) is 18.7. The fraction of sp³-hybridized carbons (Fsp3) is 0.591. The van der Waals surface area contributed by atoms with E-state index in [2.05, 4.69) is 0 Å². The summed E-state index contributed by atoms with van der Waals surface area (Å²) in [6.45, 7) is 3.02. The largest absolute Gasteiger partial charge is 0.497 e. The summed E-state index contributed by atoms with van der Waals surface area (Å²) in [5, 5.41) is 0. The van der Waals surface area contributed by atoms with Crippen molar-refractivity contribution in [2.75, 3.05) is 48.1 Å². The highest BCUT2D eigenvalue weighted by atomic mass is 16.5. The third kappa shape index (κ3) is 3.94. The maximum Gasteiger partial charge on any atom is 0.333 e. The highest BCUT2D eigenvalue weighted by Gasteiger charge is 2.61. The van der Waals surface area contributed by atoms with Crippen molar-refractivity contribution in [1.29, 1.82) is 0 Å². The lowest BCUT2D eigenvalue weighted by Crippen LogP contribution is -2.63. The number of amides is 1. The Kier molecular flexibility index (Phi) is 6.74. The quantitative estimate of drug-likeness (QED) is 0.594. The van der Waals surface area contributed by atoms with Crippen LogP contribution in [-0.4, -0.2) is 81.3 Å². The highest BCUT2D eigenvalue weighted by Crippen LogP contribution is 2.50. The smallest absolute Gasteiger partial charge is 0.333 e. The minimum atomic E-state index is -1.19. The van der Waals surface area contributed by atoms with Gasteiger partial charge in [0.25, 0.3) is 0 Å². The number of rotatable bonds is 7. The Labute approximate surface area is 182 Å². The Hall–Kier alpha value is -2.81. The summed E-state index contributed by atoms with van der Waals surface area (Å²) in [7, 11) is 6.37. The summed E-state index contributed by atoms with van der Waals surface area (Å²) in [5.74, 6) is -0.343. The number of methoxy groups -OCH3 is 3. The van der Waals surface area contributed by atoms with E-state index < -0.39 is 17.5 Å². The van der Waals surface area contributed by atoms with Crippen molar-refractivity contribution in [2.45, 2.75) is 37.8 Å². The molecule has 0 saturated carbocycles. The van der Waals surface area contributed by atoms with Crippen LogP contribution in [0.1, 0.15) is 36.8 Å². The number of carbonyl (C=O) groups is 3. The minimum Gasteiger partial charge on any atom is -0.497 e. The zero-order chi connectivity index (χ0) is 22.8. The number of likely N-dealkylation sites (tertiary alicyclic amines) is 1. The second-order valence-electron chi connectivity index (χ2n) is 7.85. The van der Waals surface area contributed by atoms with E-state index in [0.717, 1.165) is 11.1 Å². The average molecular weight is 434 g/mol. The molecule has 0 spiro atoms. The molecule has 170 valence electrons. The summed E-state index contributed by atoms with van der Waals surface area (Å²) < 4.78 is 21.2. The van der Waals surface area contributed by atoms with Crippen LogP contribution in [0, 0.1) is 0 Å². The molecule has 1 fully saturated rings. The first-order valence-electron chi connectivity index (χ1n) is 10.3. The van der Waals surface area contributed by atoms with Crippen molar-refractivity contribution in [2.24, 2.45) is 0 Å². The van der Waals surface area contributed by atoms with Gasteiger partial charge in [0.2, 0.25) is 5.91 Å². The lowest BCUT2D eigenvalue weighted by Gasteiger charge is -2.47. The van der Waals surface area contributed by atoms with Crippen molar-refractivity contribution in [1.82, 2.24) is 9.80 Å². The van der Waals surface area contributed by atoms with Crippen molar-refractivity contribution in [3.63, 3.8) is 0 Å². The molecule has 1 aromatic rings. The Morgan fingerprint density at radius 2 is 1.87 bits per heavy atom. The monoisotopic (exact) mass is 434 g/mol. The van der Waals surface area contributed by atoms with Crippen LogP contribution in [0.3, 0.4) is 0 Å². The molecular formula is C22H30N2O7. The van der Waals surface area contributed by atoms with Crippen molar-refractivity contribution >= 4 is 17.8 Å². The fourth-order valence-corrected chi connectivity index (χ4v) is 4.78. The SMILES string of the molecule is CCOC(=O)CCC(=O)N1Cc2c(OC)cc(OC)cc2[C@@H]2CN(C)C[C@@]21C(=O)OC. The number of ether oxygens (including phenoxy) is 4. The molecule has 1 amide bonds. The van der Waals surface area contributed by atoms with Crippen LogP contribution < -0.4 is 9.47 Å². The van der Waals surface area contributed by atoms with Crippen molar-refractivity contribution in [3.8, 4) is 11.5 Å². The van der Waals surface area contributed by atoms with E-state index in [9.17, 15) is 14.4 Å². The summed E-state index contributed by atoms with van der Waals surface area (Å²) in [5.41, 5.74) is 0.535. The van der Waals surface area contributed by atoms with Crippen LogP contribution in [0.2, 0.25) is 0 Å². The van der Waals surface area contributed by atoms with Gasteiger partial charge in [0.1, 0.15) is 11.5 Å². The Bertz CT molecular complexity index is 872. The van der Waals surface area contributed by atoms with Gasteiger partial charge in [-0.3, -0.25) is 9.59 Å². The van der Waals surface area contributed by atoms with E-state index in [1.807, 2.05) is 18.0 Å². The maximum absolute atomic E-state index is 13.3. The van der Waals surface area contributed by atoms with Gasteiger partial charge in [0.15, 0.2) is 5.54 Å². The molecule has 0 unspecified atom stereocenters. The number of hydrogen-bond acceptors (Lipinski definition) is 8.